The first-order valence-electron chi connectivity index (χ1n) is 6.72. The quantitative estimate of drug-likeness (QED) is 0.858. The zero-order valence-corrected chi connectivity index (χ0v) is 11.8. The van der Waals surface area contributed by atoms with Crippen LogP contribution in [0, 0.1) is 12.3 Å². The lowest BCUT2D eigenvalue weighted by molar-refractivity contribution is 0.128. The molecule has 0 spiro atoms. The molecule has 0 amide bonds. The fourth-order valence-electron chi connectivity index (χ4n) is 2.73. The summed E-state index contributed by atoms with van der Waals surface area (Å²) in [5.74, 6) is 0. The Hall–Kier alpha value is -0.570. The molecule has 1 fully saturated rings. The van der Waals surface area contributed by atoms with E-state index in [0.29, 0.717) is 6.61 Å². The van der Waals surface area contributed by atoms with Crippen molar-refractivity contribution in [2.24, 2.45) is 5.41 Å². The first-order chi connectivity index (χ1) is 8.65. The number of aliphatic hydroxyl groups excluding tert-OH is 1. The van der Waals surface area contributed by atoms with E-state index in [4.69, 9.17) is 11.6 Å². The number of hydrogen-bond donors (Lipinski definition) is 2. The van der Waals surface area contributed by atoms with Gasteiger partial charge in [-0.15, -0.1) is 0 Å². The molecule has 2 nitrogen and oxygen atoms in total. The second-order valence-electron chi connectivity index (χ2n) is 5.55. The summed E-state index contributed by atoms with van der Waals surface area (Å²) in [6, 6.07) is 6.18. The van der Waals surface area contributed by atoms with Gasteiger partial charge in [0.2, 0.25) is 0 Å². The molecular formula is C15H22ClNO. The van der Waals surface area contributed by atoms with Crippen LogP contribution in [0.3, 0.4) is 0 Å². The van der Waals surface area contributed by atoms with Gasteiger partial charge in [0.1, 0.15) is 0 Å². The third kappa shape index (κ3) is 3.25. The molecule has 0 aromatic heterocycles. The molecule has 100 valence electrons. The molecule has 3 heteroatoms. The number of aliphatic hydroxyl groups is 1. The summed E-state index contributed by atoms with van der Waals surface area (Å²) in [7, 11) is 0. The van der Waals surface area contributed by atoms with E-state index in [1.54, 1.807) is 0 Å². The van der Waals surface area contributed by atoms with E-state index in [9.17, 15) is 5.11 Å². The van der Waals surface area contributed by atoms with Crippen LogP contribution >= 0.6 is 11.6 Å². The van der Waals surface area contributed by atoms with Gasteiger partial charge in [-0.05, 0) is 37.0 Å². The molecule has 18 heavy (non-hydrogen) atoms. The zero-order chi connectivity index (χ0) is 13.0. The van der Waals surface area contributed by atoms with Crippen LogP contribution in [-0.2, 0) is 6.54 Å². The van der Waals surface area contributed by atoms with Crippen molar-refractivity contribution in [1.82, 2.24) is 5.32 Å². The van der Waals surface area contributed by atoms with Gasteiger partial charge in [0.05, 0.1) is 0 Å². The molecule has 0 saturated heterocycles. The Kier molecular flexibility index (Phi) is 4.66. The van der Waals surface area contributed by atoms with Crippen LogP contribution in [-0.4, -0.2) is 18.3 Å². The Morgan fingerprint density at radius 3 is 2.67 bits per heavy atom. The van der Waals surface area contributed by atoms with E-state index < -0.39 is 0 Å². The molecule has 0 radical (unpaired) electrons. The normalized spacial score (nSPS) is 18.2. The number of benzene rings is 1. The van der Waals surface area contributed by atoms with Crippen LogP contribution in [0.2, 0.25) is 5.02 Å². The highest BCUT2D eigenvalue weighted by molar-refractivity contribution is 6.31. The summed E-state index contributed by atoms with van der Waals surface area (Å²) in [5.41, 5.74) is 2.44. The lowest BCUT2D eigenvalue weighted by Crippen LogP contribution is -2.34. The van der Waals surface area contributed by atoms with Crippen molar-refractivity contribution in [2.75, 3.05) is 13.2 Å². The van der Waals surface area contributed by atoms with Crippen molar-refractivity contribution >= 4 is 11.6 Å². The molecule has 1 aliphatic carbocycles. The summed E-state index contributed by atoms with van der Waals surface area (Å²) >= 11 is 6.11. The molecular weight excluding hydrogens is 246 g/mol. The molecule has 0 atom stereocenters. The van der Waals surface area contributed by atoms with Gasteiger partial charge >= 0.3 is 0 Å². The molecule has 1 aliphatic rings. The predicted octanol–water partition coefficient (Wildman–Crippen LogP) is 3.29. The molecule has 2 N–H and O–H groups in total. The SMILES string of the molecule is Cc1ccc(CNCC2(CO)CCCC2)cc1Cl. The second kappa shape index (κ2) is 6.05. The first-order valence-corrected chi connectivity index (χ1v) is 7.10. The number of hydrogen-bond acceptors (Lipinski definition) is 2. The van der Waals surface area contributed by atoms with Crippen molar-refractivity contribution in [3.05, 3.63) is 34.3 Å². The summed E-state index contributed by atoms with van der Waals surface area (Å²) in [6.07, 6.45) is 4.79. The van der Waals surface area contributed by atoms with Crippen molar-refractivity contribution in [1.29, 1.82) is 0 Å². The van der Waals surface area contributed by atoms with Crippen LogP contribution in [0.1, 0.15) is 36.8 Å². The number of halogens is 1. The Morgan fingerprint density at radius 1 is 1.33 bits per heavy atom. The van der Waals surface area contributed by atoms with Crippen LogP contribution in [0.4, 0.5) is 0 Å². The number of rotatable bonds is 5. The lowest BCUT2D eigenvalue weighted by Gasteiger charge is -2.26. The van der Waals surface area contributed by atoms with Gasteiger partial charge in [-0.25, -0.2) is 0 Å². The van der Waals surface area contributed by atoms with Gasteiger partial charge in [0, 0.05) is 30.1 Å². The van der Waals surface area contributed by atoms with Crippen molar-refractivity contribution in [3.8, 4) is 0 Å². The van der Waals surface area contributed by atoms with Crippen molar-refractivity contribution in [2.45, 2.75) is 39.2 Å². The van der Waals surface area contributed by atoms with Gasteiger partial charge < -0.3 is 10.4 Å². The molecule has 0 heterocycles. The second-order valence-corrected chi connectivity index (χ2v) is 5.96. The van der Waals surface area contributed by atoms with E-state index >= 15 is 0 Å². The highest BCUT2D eigenvalue weighted by atomic mass is 35.5. The van der Waals surface area contributed by atoms with Gasteiger partial charge in [0.15, 0.2) is 0 Å². The highest BCUT2D eigenvalue weighted by Crippen LogP contribution is 2.36. The third-order valence-corrected chi connectivity index (χ3v) is 4.47. The summed E-state index contributed by atoms with van der Waals surface area (Å²) in [6.45, 7) is 4.03. The third-order valence-electron chi connectivity index (χ3n) is 4.06. The standard InChI is InChI=1S/C15H22ClNO/c1-12-4-5-13(8-14(12)16)9-17-10-15(11-18)6-2-3-7-15/h4-5,8,17-18H,2-3,6-7,9-11H2,1H3. The van der Waals surface area contributed by atoms with Gasteiger partial charge in [-0.3, -0.25) is 0 Å². The van der Waals surface area contributed by atoms with Crippen molar-refractivity contribution < 1.29 is 5.11 Å². The summed E-state index contributed by atoms with van der Waals surface area (Å²) in [4.78, 5) is 0. The maximum Gasteiger partial charge on any atom is 0.0499 e. The molecule has 2 rings (SSSR count). The Bertz CT molecular complexity index is 399. The first kappa shape index (κ1) is 13.9. The minimum absolute atomic E-state index is 0.120. The van der Waals surface area contributed by atoms with Crippen LogP contribution < -0.4 is 5.32 Å². The molecule has 1 aromatic rings. The van der Waals surface area contributed by atoms with Crippen molar-refractivity contribution in [3.63, 3.8) is 0 Å². The minimum atomic E-state index is 0.120. The number of aryl methyl sites for hydroxylation is 1. The Morgan fingerprint density at radius 2 is 2.06 bits per heavy atom. The van der Waals surface area contributed by atoms with Crippen LogP contribution in [0.25, 0.3) is 0 Å². The monoisotopic (exact) mass is 267 g/mol. The average molecular weight is 268 g/mol. The smallest absolute Gasteiger partial charge is 0.0499 e. The van der Waals surface area contributed by atoms with E-state index in [2.05, 4.69) is 17.4 Å². The summed E-state index contributed by atoms with van der Waals surface area (Å²) < 4.78 is 0. The molecule has 0 bridgehead atoms. The van der Waals surface area contributed by atoms with E-state index in [-0.39, 0.29) is 5.41 Å². The number of nitrogens with one attached hydrogen (secondary N) is 1. The predicted molar refractivity (Wildman–Crippen MR) is 75.9 cm³/mol. The average Bonchev–Trinajstić information content (AvgIpc) is 2.83. The van der Waals surface area contributed by atoms with E-state index in [1.807, 2.05) is 13.0 Å². The van der Waals surface area contributed by atoms with E-state index in [1.165, 1.54) is 18.4 Å². The molecule has 1 saturated carbocycles. The van der Waals surface area contributed by atoms with Crippen LogP contribution in [0.15, 0.2) is 18.2 Å². The van der Waals surface area contributed by atoms with Gasteiger partial charge in [-0.2, -0.15) is 0 Å². The summed E-state index contributed by atoms with van der Waals surface area (Å²) in [5, 5.41) is 13.8. The Balaban J connectivity index is 1.86. The van der Waals surface area contributed by atoms with E-state index in [0.717, 1.165) is 36.5 Å². The molecule has 0 aliphatic heterocycles. The minimum Gasteiger partial charge on any atom is -0.396 e. The zero-order valence-electron chi connectivity index (χ0n) is 11.0. The van der Waals surface area contributed by atoms with Gasteiger partial charge in [0.25, 0.3) is 0 Å². The lowest BCUT2D eigenvalue weighted by atomic mass is 9.87. The van der Waals surface area contributed by atoms with Gasteiger partial charge in [-0.1, -0.05) is 36.6 Å². The van der Waals surface area contributed by atoms with Crippen LogP contribution in [0.5, 0.6) is 0 Å². The fraction of sp³-hybridized carbons (Fsp3) is 0.600. The maximum absolute atomic E-state index is 9.53. The highest BCUT2D eigenvalue weighted by Gasteiger charge is 2.32. The maximum atomic E-state index is 9.53. The Labute approximate surface area is 114 Å². The fourth-order valence-corrected chi connectivity index (χ4v) is 2.94. The largest absolute Gasteiger partial charge is 0.396 e. The molecule has 0 unspecified atom stereocenters. The topological polar surface area (TPSA) is 32.3 Å². The molecule has 1 aromatic carbocycles.